The van der Waals surface area contributed by atoms with Gasteiger partial charge in [0.2, 0.25) is 5.91 Å². The molecule has 0 radical (unpaired) electrons. The number of unbranched alkanes of at least 4 members (excludes halogenated alkanes) is 1. The van der Waals surface area contributed by atoms with E-state index in [-0.39, 0.29) is 33.7 Å². The van der Waals surface area contributed by atoms with E-state index in [1.807, 2.05) is 71.5 Å². The van der Waals surface area contributed by atoms with Gasteiger partial charge in [0, 0.05) is 36.5 Å². The molecule has 0 saturated carbocycles. The van der Waals surface area contributed by atoms with Crippen molar-refractivity contribution in [2.75, 3.05) is 24.6 Å². The van der Waals surface area contributed by atoms with Crippen LogP contribution in [0.25, 0.3) is 60.1 Å². The van der Waals surface area contributed by atoms with Crippen molar-refractivity contribution in [2.24, 2.45) is 11.5 Å². The fraction of sp³-hybridized carbons (Fsp3) is 0.279. The minimum Gasteiger partial charge on any atom is -0.396 e. The molecule has 6 aromatic rings. The van der Waals surface area contributed by atoms with Gasteiger partial charge in [0.1, 0.15) is 35.6 Å². The van der Waals surface area contributed by atoms with E-state index in [1.165, 1.54) is 24.3 Å². The average molecular weight is 801 g/mol. The molecule has 4 heterocycles. The smallest absolute Gasteiger partial charge is 0.297 e. The molecule has 0 bridgehead atoms. The molecule has 0 atom stereocenters. The molecule has 16 heteroatoms. The number of nitrogens with two attached hydrogens (primary N) is 4. The lowest BCUT2D eigenvalue weighted by molar-refractivity contribution is -0.116. The lowest BCUT2D eigenvalue weighted by atomic mass is 10.0. The highest BCUT2D eigenvalue weighted by Gasteiger charge is 2.23. The molecule has 16 nitrogen and oxygen atoms in total. The Morgan fingerprint density at radius 3 is 1.59 bits per heavy atom. The molecule has 0 aliphatic carbocycles. The van der Waals surface area contributed by atoms with Crippen LogP contribution in [0.4, 0.5) is 11.6 Å². The molecule has 6 rings (SSSR count). The van der Waals surface area contributed by atoms with Gasteiger partial charge in [0.25, 0.3) is 18.1 Å². The van der Waals surface area contributed by atoms with Crippen LogP contribution in [0.3, 0.4) is 0 Å². The van der Waals surface area contributed by atoms with Crippen molar-refractivity contribution in [3.63, 3.8) is 0 Å². The standard InChI is InChI=1S/C20H20N6O2.C18H20N4O.C3H4N2O.2CH4/c1-12-4-6-13(7-5-12)16-15(10-14(23-2)19(22)28)26(8-3-9-27)20-17(16)18(21)24-11-25-20;1-3-4-9-22-14(10-23)15(13-7-5-12(2)6-8-13)16-17(19)20-11-21-18(16)22;1-5-2-3(4)6;;/h4-7,10-11,27H,3,8-9H2,1H3,(H2,22,28)(H2,21,24,25);5-8,10-11H,3-4,9H2,1-2H3,(H2,19,20,21);2H2,(H2,4,6);2*1H4/b14-10-;;;;. The lowest BCUT2D eigenvalue weighted by Gasteiger charge is -2.09. The number of carbonyl (C=O) groups is 3. The first kappa shape index (κ1) is 47.7. The van der Waals surface area contributed by atoms with Gasteiger partial charge in [0.15, 0.2) is 6.29 Å². The Kier molecular flexibility index (Phi) is 18.1. The minimum atomic E-state index is -0.817. The van der Waals surface area contributed by atoms with E-state index in [4.69, 9.17) is 30.3 Å². The minimum absolute atomic E-state index is 0. The van der Waals surface area contributed by atoms with Gasteiger partial charge in [-0.2, -0.15) is 0 Å². The summed E-state index contributed by atoms with van der Waals surface area (Å²) in [5, 5.41) is 10.7. The monoisotopic (exact) mass is 800 g/mol. The third-order valence-electron chi connectivity index (χ3n) is 8.77. The molecule has 2 aromatic carbocycles. The summed E-state index contributed by atoms with van der Waals surface area (Å²) in [6.07, 6.45) is 7.64. The molecule has 59 heavy (non-hydrogen) atoms. The number of aromatic nitrogens is 6. The number of hydrogen-bond donors (Lipinski definition) is 5. The van der Waals surface area contributed by atoms with E-state index in [0.717, 1.165) is 59.0 Å². The molecule has 0 aliphatic heterocycles. The fourth-order valence-electron chi connectivity index (χ4n) is 6.08. The van der Waals surface area contributed by atoms with E-state index < -0.39 is 11.8 Å². The van der Waals surface area contributed by atoms with Gasteiger partial charge < -0.3 is 42.0 Å². The summed E-state index contributed by atoms with van der Waals surface area (Å²) in [4.78, 5) is 56.0. The van der Waals surface area contributed by atoms with E-state index in [9.17, 15) is 19.5 Å². The number of nitrogens with zero attached hydrogens (tertiary/aromatic N) is 8. The zero-order chi connectivity index (χ0) is 41.6. The summed E-state index contributed by atoms with van der Waals surface area (Å²) in [5.41, 5.74) is 30.1. The van der Waals surface area contributed by atoms with Crippen LogP contribution in [0, 0.1) is 27.0 Å². The van der Waals surface area contributed by atoms with Crippen LogP contribution in [0.5, 0.6) is 0 Å². The first-order chi connectivity index (χ1) is 27.4. The Bertz CT molecular complexity index is 2510. The molecule has 0 unspecified atom stereocenters. The number of rotatable bonds is 12. The van der Waals surface area contributed by atoms with Crippen molar-refractivity contribution in [1.29, 1.82) is 0 Å². The molecule has 9 N–H and O–H groups in total. The number of hydrogen-bond acceptors (Lipinski definition) is 10. The summed E-state index contributed by atoms with van der Waals surface area (Å²) in [6, 6.07) is 15.9. The van der Waals surface area contributed by atoms with Crippen molar-refractivity contribution >= 4 is 57.9 Å². The zero-order valence-electron chi connectivity index (χ0n) is 31.9. The van der Waals surface area contributed by atoms with Crippen LogP contribution in [-0.4, -0.2) is 65.4 Å². The molecule has 0 aliphatic rings. The Balaban J connectivity index is 0.000000351. The van der Waals surface area contributed by atoms with Gasteiger partial charge in [0.05, 0.1) is 23.0 Å². The summed E-state index contributed by atoms with van der Waals surface area (Å²) in [5.74, 6) is -0.682. The van der Waals surface area contributed by atoms with Gasteiger partial charge in [-0.25, -0.2) is 31.4 Å². The van der Waals surface area contributed by atoms with E-state index >= 15 is 0 Å². The van der Waals surface area contributed by atoms with Gasteiger partial charge in [-0.1, -0.05) is 87.9 Å². The highest BCUT2D eigenvalue weighted by atomic mass is 16.3. The van der Waals surface area contributed by atoms with Crippen LogP contribution in [-0.2, 0) is 22.7 Å². The van der Waals surface area contributed by atoms with Gasteiger partial charge >= 0.3 is 0 Å². The number of fused-ring (bicyclic) bond motifs is 2. The van der Waals surface area contributed by atoms with Crippen LogP contribution >= 0.6 is 0 Å². The summed E-state index contributed by atoms with van der Waals surface area (Å²) >= 11 is 0. The van der Waals surface area contributed by atoms with Crippen molar-refractivity contribution in [1.82, 2.24) is 29.1 Å². The number of aryl methyl sites for hydroxylation is 4. The number of carbonyl (C=O) groups excluding carboxylic acids is 3. The third-order valence-corrected chi connectivity index (χ3v) is 8.77. The number of aliphatic hydroxyl groups excluding tert-OH is 1. The fourth-order valence-corrected chi connectivity index (χ4v) is 6.08. The second-order valence-corrected chi connectivity index (χ2v) is 12.8. The predicted molar refractivity (Wildman–Crippen MR) is 234 cm³/mol. The summed E-state index contributed by atoms with van der Waals surface area (Å²) in [6.45, 7) is 20.4. The normalized spacial score (nSPS) is 10.4. The maximum atomic E-state index is 11.8. The van der Waals surface area contributed by atoms with Gasteiger partial charge in [-0.05, 0) is 43.9 Å². The molecule has 2 amide bonds. The average Bonchev–Trinajstić information content (AvgIpc) is 3.69. The summed E-state index contributed by atoms with van der Waals surface area (Å²) in [7, 11) is 0. The van der Waals surface area contributed by atoms with Crippen molar-refractivity contribution in [2.45, 2.75) is 68.0 Å². The number of amides is 2. The number of benzene rings is 2. The van der Waals surface area contributed by atoms with Crippen LogP contribution in [0.15, 0.2) is 66.9 Å². The molecule has 0 spiro atoms. The lowest BCUT2D eigenvalue weighted by Crippen LogP contribution is -2.12. The van der Waals surface area contributed by atoms with Crippen molar-refractivity contribution in [3.05, 3.63) is 112 Å². The molecule has 0 saturated heterocycles. The third kappa shape index (κ3) is 11.1. The van der Waals surface area contributed by atoms with Crippen LogP contribution < -0.4 is 22.9 Å². The number of anilines is 2. The quantitative estimate of drug-likeness (QED) is 0.0519. The first-order valence-electron chi connectivity index (χ1n) is 17.9. The van der Waals surface area contributed by atoms with Crippen molar-refractivity contribution in [3.8, 4) is 22.3 Å². The van der Waals surface area contributed by atoms with E-state index in [2.05, 4.69) is 42.3 Å². The predicted octanol–water partition coefficient (Wildman–Crippen LogP) is 6.38. The van der Waals surface area contributed by atoms with E-state index in [0.29, 0.717) is 52.6 Å². The van der Waals surface area contributed by atoms with Gasteiger partial charge in [-0.3, -0.25) is 14.4 Å². The molecule has 4 aromatic heterocycles. The molecular weight excluding hydrogens is 749 g/mol. The Morgan fingerprint density at radius 1 is 0.763 bits per heavy atom. The summed E-state index contributed by atoms with van der Waals surface area (Å²) < 4.78 is 3.78. The maximum absolute atomic E-state index is 11.8. The van der Waals surface area contributed by atoms with Crippen LogP contribution in [0.2, 0.25) is 0 Å². The Hall–Kier alpha value is -7.43. The first-order valence-corrected chi connectivity index (χ1v) is 17.9. The number of nitrogen functional groups attached to an aromatic ring is 2. The highest BCUT2D eigenvalue weighted by Crippen LogP contribution is 2.39. The van der Waals surface area contributed by atoms with Gasteiger partial charge in [-0.15, -0.1) is 0 Å². The zero-order valence-corrected chi connectivity index (χ0v) is 31.9. The van der Waals surface area contributed by atoms with Crippen LogP contribution in [0.1, 0.15) is 68.3 Å². The molecule has 308 valence electrons. The largest absolute Gasteiger partial charge is 0.396 e. The SMILES string of the molecule is C.C.CCCCn1c(C=O)c(-c2ccc(C)cc2)c2c(N)ncnc21.[C-]#[N+]/C(=C\c1c(-c2ccc(C)cc2)c2c(N)ncnc2n1CCCO)C(N)=O.[C-]#[N+]CC(N)=O. The Labute approximate surface area is 344 Å². The van der Waals surface area contributed by atoms with Crippen molar-refractivity contribution < 1.29 is 19.5 Å². The number of aldehydes is 1. The second kappa shape index (κ2) is 22.3. The highest BCUT2D eigenvalue weighted by molar-refractivity contribution is 6.08. The Morgan fingerprint density at radius 2 is 1.22 bits per heavy atom. The second-order valence-electron chi connectivity index (χ2n) is 12.8. The number of primary amides is 2. The number of aliphatic hydroxyl groups is 1. The molecule has 0 fully saturated rings. The van der Waals surface area contributed by atoms with E-state index in [1.54, 1.807) is 0 Å². The maximum Gasteiger partial charge on any atom is 0.297 e. The topological polar surface area (TPSA) is 246 Å². The molecular formula is C43H52N12O4.